The lowest BCUT2D eigenvalue weighted by atomic mass is 10.2. The van der Waals surface area contributed by atoms with Crippen LogP contribution in [0.2, 0.25) is 0 Å². The van der Waals surface area contributed by atoms with Crippen molar-refractivity contribution in [3.63, 3.8) is 0 Å². The Bertz CT molecular complexity index is 76.9. The predicted molar refractivity (Wildman–Crippen MR) is 51.7 cm³/mol. The molecule has 68 valence electrons. The maximum absolute atomic E-state index is 2.34. The van der Waals surface area contributed by atoms with Crippen LogP contribution >= 0.6 is 0 Å². The standard InChI is InChI=1S/C8H18N.C2H6/c1-9(2)7-5-3-4-6-8-9;1-2/h3-8H2,1-2H3;1-2H3/q+1;. The third kappa shape index (κ3) is 5.25. The van der Waals surface area contributed by atoms with Crippen LogP contribution in [0.15, 0.2) is 0 Å². The number of hydrogen-bond donors (Lipinski definition) is 0. The Morgan fingerprint density at radius 1 is 0.727 bits per heavy atom. The zero-order valence-electron chi connectivity index (χ0n) is 8.69. The van der Waals surface area contributed by atoms with E-state index in [1.807, 2.05) is 13.8 Å². The van der Waals surface area contributed by atoms with Gasteiger partial charge in [0, 0.05) is 0 Å². The molecule has 1 fully saturated rings. The van der Waals surface area contributed by atoms with Gasteiger partial charge in [-0.1, -0.05) is 13.8 Å². The van der Waals surface area contributed by atoms with Gasteiger partial charge in [-0.2, -0.15) is 0 Å². The number of likely N-dealkylation sites (tertiary alicyclic amines) is 1. The molecule has 0 radical (unpaired) electrons. The largest absolute Gasteiger partial charge is 0.328 e. The van der Waals surface area contributed by atoms with Gasteiger partial charge in [-0.3, -0.25) is 0 Å². The summed E-state index contributed by atoms with van der Waals surface area (Å²) in [5.41, 5.74) is 0. The summed E-state index contributed by atoms with van der Waals surface area (Å²) >= 11 is 0. The van der Waals surface area contributed by atoms with Crippen molar-refractivity contribution in [1.82, 2.24) is 0 Å². The fourth-order valence-electron chi connectivity index (χ4n) is 1.55. The lowest BCUT2D eigenvalue weighted by Gasteiger charge is -2.27. The first-order valence-corrected chi connectivity index (χ1v) is 5.03. The molecule has 1 rings (SSSR count). The Balaban J connectivity index is 0.000000461. The molecule has 0 aromatic heterocycles. The topological polar surface area (TPSA) is 0 Å². The van der Waals surface area contributed by atoms with Gasteiger partial charge >= 0.3 is 0 Å². The molecular weight excluding hydrogens is 134 g/mol. The predicted octanol–water partition coefficient (Wildman–Crippen LogP) is 2.66. The SMILES string of the molecule is CC.C[N+]1(C)CCCCCC1. The van der Waals surface area contributed by atoms with Crippen molar-refractivity contribution in [3.05, 3.63) is 0 Å². The monoisotopic (exact) mass is 158 g/mol. The highest BCUT2D eigenvalue weighted by molar-refractivity contribution is 4.48. The molecular formula is C10H24N+. The van der Waals surface area contributed by atoms with Gasteiger partial charge < -0.3 is 4.48 Å². The van der Waals surface area contributed by atoms with E-state index in [0.29, 0.717) is 0 Å². The molecule has 11 heavy (non-hydrogen) atoms. The van der Waals surface area contributed by atoms with Crippen LogP contribution in [0.4, 0.5) is 0 Å². The Hall–Kier alpha value is -0.0400. The molecule has 0 aliphatic carbocycles. The maximum atomic E-state index is 2.34. The quantitative estimate of drug-likeness (QED) is 0.475. The van der Waals surface area contributed by atoms with Gasteiger partial charge in [0.25, 0.3) is 0 Å². The minimum absolute atomic E-state index is 1.25. The van der Waals surface area contributed by atoms with E-state index in [1.165, 1.54) is 43.3 Å². The van der Waals surface area contributed by atoms with E-state index in [9.17, 15) is 0 Å². The highest BCUT2D eigenvalue weighted by atomic mass is 15.3. The van der Waals surface area contributed by atoms with Gasteiger partial charge in [0.2, 0.25) is 0 Å². The Morgan fingerprint density at radius 3 is 1.45 bits per heavy atom. The smallest absolute Gasteiger partial charge is 0.0782 e. The zero-order valence-corrected chi connectivity index (χ0v) is 8.69. The molecule has 0 saturated carbocycles. The first kappa shape index (κ1) is 11.0. The third-order valence-corrected chi connectivity index (χ3v) is 2.28. The second-order valence-corrected chi connectivity index (χ2v) is 3.80. The Morgan fingerprint density at radius 2 is 1.09 bits per heavy atom. The third-order valence-electron chi connectivity index (χ3n) is 2.28. The molecule has 0 aromatic carbocycles. The molecule has 0 spiro atoms. The molecule has 1 aliphatic heterocycles. The molecule has 1 heteroatoms. The van der Waals surface area contributed by atoms with Gasteiger partial charge in [-0.25, -0.2) is 0 Å². The van der Waals surface area contributed by atoms with Crippen molar-refractivity contribution in [1.29, 1.82) is 0 Å². The molecule has 1 saturated heterocycles. The van der Waals surface area contributed by atoms with Crippen molar-refractivity contribution in [3.8, 4) is 0 Å². The second-order valence-electron chi connectivity index (χ2n) is 3.80. The Labute approximate surface area is 72.0 Å². The summed E-state index contributed by atoms with van der Waals surface area (Å²) < 4.78 is 1.25. The van der Waals surface area contributed by atoms with Crippen LogP contribution in [0.1, 0.15) is 39.5 Å². The molecule has 1 aliphatic rings. The number of hydrogen-bond acceptors (Lipinski definition) is 0. The highest BCUT2D eigenvalue weighted by Gasteiger charge is 2.16. The average Bonchev–Trinajstić information content (AvgIpc) is 2.17. The summed E-state index contributed by atoms with van der Waals surface area (Å²) in [6, 6.07) is 0. The molecule has 0 unspecified atom stereocenters. The van der Waals surface area contributed by atoms with Crippen LogP contribution in [-0.2, 0) is 0 Å². The van der Waals surface area contributed by atoms with Crippen LogP contribution < -0.4 is 0 Å². The van der Waals surface area contributed by atoms with Gasteiger partial charge in [-0.15, -0.1) is 0 Å². The van der Waals surface area contributed by atoms with Gasteiger partial charge in [0.15, 0.2) is 0 Å². The summed E-state index contributed by atoms with van der Waals surface area (Å²) in [5.74, 6) is 0. The zero-order chi connectivity index (χ0) is 8.74. The summed E-state index contributed by atoms with van der Waals surface area (Å²) in [7, 11) is 4.68. The first-order chi connectivity index (χ1) is 5.21. The second kappa shape index (κ2) is 5.59. The summed E-state index contributed by atoms with van der Waals surface area (Å²) in [6.07, 6.45) is 5.80. The van der Waals surface area contributed by atoms with Crippen LogP contribution in [0.5, 0.6) is 0 Å². The normalized spacial score (nSPS) is 22.9. The van der Waals surface area contributed by atoms with Crippen molar-refractivity contribution in [2.45, 2.75) is 39.5 Å². The minimum Gasteiger partial charge on any atom is -0.328 e. The molecule has 1 nitrogen and oxygen atoms in total. The fraction of sp³-hybridized carbons (Fsp3) is 1.00. The molecule has 0 bridgehead atoms. The molecule has 0 N–H and O–H groups in total. The van der Waals surface area contributed by atoms with E-state index >= 15 is 0 Å². The maximum Gasteiger partial charge on any atom is 0.0782 e. The molecule has 1 heterocycles. The lowest BCUT2D eigenvalue weighted by molar-refractivity contribution is -0.889. The van der Waals surface area contributed by atoms with Gasteiger partial charge in [0.1, 0.15) is 0 Å². The number of nitrogens with zero attached hydrogens (tertiary/aromatic N) is 1. The molecule has 0 aromatic rings. The summed E-state index contributed by atoms with van der Waals surface area (Å²) in [4.78, 5) is 0. The van der Waals surface area contributed by atoms with E-state index in [4.69, 9.17) is 0 Å². The number of quaternary nitrogens is 1. The van der Waals surface area contributed by atoms with E-state index < -0.39 is 0 Å². The highest BCUT2D eigenvalue weighted by Crippen LogP contribution is 2.12. The van der Waals surface area contributed by atoms with Crippen LogP contribution in [0.3, 0.4) is 0 Å². The van der Waals surface area contributed by atoms with Crippen molar-refractivity contribution < 1.29 is 4.48 Å². The van der Waals surface area contributed by atoms with E-state index in [0.717, 1.165) is 0 Å². The van der Waals surface area contributed by atoms with Crippen molar-refractivity contribution in [2.24, 2.45) is 0 Å². The van der Waals surface area contributed by atoms with Crippen LogP contribution in [0.25, 0.3) is 0 Å². The van der Waals surface area contributed by atoms with Crippen LogP contribution in [0, 0.1) is 0 Å². The van der Waals surface area contributed by atoms with E-state index in [1.54, 1.807) is 0 Å². The first-order valence-electron chi connectivity index (χ1n) is 5.03. The number of rotatable bonds is 0. The van der Waals surface area contributed by atoms with Crippen molar-refractivity contribution in [2.75, 3.05) is 27.2 Å². The van der Waals surface area contributed by atoms with E-state index in [2.05, 4.69) is 14.1 Å². The molecule has 0 amide bonds. The Kier molecular flexibility index (Phi) is 5.57. The van der Waals surface area contributed by atoms with Gasteiger partial charge in [-0.05, 0) is 25.7 Å². The average molecular weight is 158 g/mol. The minimum atomic E-state index is 1.25. The fourth-order valence-corrected chi connectivity index (χ4v) is 1.55. The summed E-state index contributed by atoms with van der Waals surface area (Å²) in [5, 5.41) is 0. The lowest BCUT2D eigenvalue weighted by Crippen LogP contribution is -2.39. The van der Waals surface area contributed by atoms with Gasteiger partial charge in [0.05, 0.1) is 27.2 Å². The van der Waals surface area contributed by atoms with Crippen LogP contribution in [-0.4, -0.2) is 31.7 Å². The van der Waals surface area contributed by atoms with E-state index in [-0.39, 0.29) is 0 Å². The van der Waals surface area contributed by atoms with Crippen molar-refractivity contribution >= 4 is 0 Å². The molecule has 0 atom stereocenters. The summed E-state index contributed by atoms with van der Waals surface area (Å²) in [6.45, 7) is 6.78.